The lowest BCUT2D eigenvalue weighted by Gasteiger charge is -2.35. The molecule has 0 saturated carbocycles. The highest BCUT2D eigenvalue weighted by molar-refractivity contribution is 6.29. The second-order valence-electron chi connectivity index (χ2n) is 5.26. The van der Waals surface area contributed by atoms with Gasteiger partial charge < -0.3 is 9.84 Å². The van der Waals surface area contributed by atoms with E-state index in [1.54, 1.807) is 6.07 Å². The molecule has 0 radical (unpaired) electrons. The summed E-state index contributed by atoms with van der Waals surface area (Å²) in [7, 11) is 1.95. The first-order valence-corrected chi connectivity index (χ1v) is 6.83. The summed E-state index contributed by atoms with van der Waals surface area (Å²) in [4.78, 5) is 10.6. The summed E-state index contributed by atoms with van der Waals surface area (Å²) < 4.78 is 5.28. The molecule has 1 aromatic heterocycles. The van der Waals surface area contributed by atoms with Gasteiger partial charge in [-0.25, -0.2) is 9.97 Å². The van der Waals surface area contributed by atoms with E-state index >= 15 is 0 Å². The Labute approximate surface area is 118 Å². The van der Waals surface area contributed by atoms with E-state index in [-0.39, 0.29) is 0 Å². The van der Waals surface area contributed by atoms with E-state index in [9.17, 15) is 5.11 Å². The van der Waals surface area contributed by atoms with Crippen molar-refractivity contribution in [3.05, 3.63) is 22.7 Å². The van der Waals surface area contributed by atoms with Crippen LogP contribution in [0.3, 0.4) is 0 Å². The van der Waals surface area contributed by atoms with Crippen LogP contribution in [-0.4, -0.2) is 52.4 Å². The molecule has 0 spiro atoms. The fraction of sp³-hybridized carbons (Fsp3) is 0.692. The number of likely N-dealkylation sites (N-methyl/N-ethyl adjacent to an activating group) is 1. The minimum atomic E-state index is -0.666. The molecule has 0 amide bonds. The topological polar surface area (TPSA) is 58.5 Å². The number of hydrogen-bond acceptors (Lipinski definition) is 5. The van der Waals surface area contributed by atoms with Crippen molar-refractivity contribution in [2.75, 3.05) is 26.8 Å². The molecule has 1 N–H and O–H groups in total. The summed E-state index contributed by atoms with van der Waals surface area (Å²) in [5.74, 6) is 0.683. The lowest BCUT2D eigenvalue weighted by molar-refractivity contribution is -0.0779. The Hall–Kier alpha value is -0.750. The molecule has 0 bridgehead atoms. The largest absolute Gasteiger partial charge is 0.388 e. The van der Waals surface area contributed by atoms with Gasteiger partial charge in [0.2, 0.25) is 0 Å². The van der Waals surface area contributed by atoms with E-state index in [1.807, 2.05) is 18.9 Å². The minimum Gasteiger partial charge on any atom is -0.388 e. The predicted molar refractivity (Wildman–Crippen MR) is 73.1 cm³/mol. The Balaban J connectivity index is 1.94. The molecule has 0 aliphatic carbocycles. The Bertz CT molecular complexity index is 416. The van der Waals surface area contributed by atoms with Crippen molar-refractivity contribution in [3.63, 3.8) is 0 Å². The molecule has 0 atom stereocenters. The zero-order valence-corrected chi connectivity index (χ0v) is 12.2. The second-order valence-corrected chi connectivity index (χ2v) is 5.64. The first kappa shape index (κ1) is 14.7. The van der Waals surface area contributed by atoms with Gasteiger partial charge in [-0.15, -0.1) is 0 Å². The van der Waals surface area contributed by atoms with Crippen LogP contribution in [0.15, 0.2) is 6.07 Å². The third-order valence-electron chi connectivity index (χ3n) is 3.27. The van der Waals surface area contributed by atoms with Gasteiger partial charge in [-0.1, -0.05) is 11.6 Å². The quantitative estimate of drug-likeness (QED) is 0.848. The molecule has 0 aromatic carbocycles. The third-order valence-corrected chi connectivity index (χ3v) is 3.46. The molecule has 19 heavy (non-hydrogen) atoms. The van der Waals surface area contributed by atoms with E-state index in [0.29, 0.717) is 50.1 Å². The van der Waals surface area contributed by atoms with E-state index < -0.39 is 5.60 Å². The van der Waals surface area contributed by atoms with Crippen LogP contribution in [0, 0.1) is 6.92 Å². The van der Waals surface area contributed by atoms with Crippen LogP contribution in [0.4, 0.5) is 0 Å². The highest BCUT2D eigenvalue weighted by Gasteiger charge is 2.31. The molecule has 6 heteroatoms. The number of rotatable bonds is 4. The summed E-state index contributed by atoms with van der Waals surface area (Å²) in [6.07, 6.45) is 1.35. The minimum absolute atomic E-state index is 0.459. The van der Waals surface area contributed by atoms with E-state index in [4.69, 9.17) is 16.3 Å². The third kappa shape index (κ3) is 4.38. The SMILES string of the molecule is Cc1cc(Cl)nc(CN(C)CC2(O)CCOCC2)n1. The number of ether oxygens (including phenoxy) is 1. The zero-order valence-electron chi connectivity index (χ0n) is 11.4. The van der Waals surface area contributed by atoms with Gasteiger partial charge in [0.05, 0.1) is 12.1 Å². The maximum Gasteiger partial charge on any atom is 0.144 e. The number of hydrogen-bond donors (Lipinski definition) is 1. The maximum absolute atomic E-state index is 10.4. The smallest absolute Gasteiger partial charge is 0.144 e. The molecule has 0 unspecified atom stereocenters. The van der Waals surface area contributed by atoms with Gasteiger partial charge in [-0.05, 0) is 20.0 Å². The number of halogens is 1. The number of aliphatic hydroxyl groups is 1. The summed E-state index contributed by atoms with van der Waals surface area (Å²) >= 11 is 5.92. The molecule has 2 heterocycles. The average Bonchev–Trinajstić information content (AvgIpc) is 2.27. The fourth-order valence-corrected chi connectivity index (χ4v) is 2.62. The Morgan fingerprint density at radius 1 is 1.42 bits per heavy atom. The highest BCUT2D eigenvalue weighted by Crippen LogP contribution is 2.21. The average molecular weight is 286 g/mol. The van der Waals surface area contributed by atoms with Crippen LogP contribution in [0.1, 0.15) is 24.4 Å². The molecule has 1 aliphatic rings. The number of aryl methyl sites for hydroxylation is 1. The Morgan fingerprint density at radius 3 is 2.74 bits per heavy atom. The van der Waals surface area contributed by atoms with Crippen molar-refractivity contribution in [3.8, 4) is 0 Å². The highest BCUT2D eigenvalue weighted by atomic mass is 35.5. The van der Waals surface area contributed by atoms with Crippen LogP contribution in [0.2, 0.25) is 5.15 Å². The zero-order chi connectivity index (χ0) is 13.9. The lowest BCUT2D eigenvalue weighted by atomic mass is 9.94. The lowest BCUT2D eigenvalue weighted by Crippen LogP contribution is -2.45. The molecule has 1 saturated heterocycles. The Morgan fingerprint density at radius 2 is 2.11 bits per heavy atom. The second kappa shape index (κ2) is 6.13. The van der Waals surface area contributed by atoms with E-state index in [0.717, 1.165) is 5.69 Å². The molecule has 1 fully saturated rings. The molecular formula is C13H20ClN3O2. The standard InChI is InChI=1S/C13H20ClN3O2/c1-10-7-11(14)16-12(15-10)8-17(2)9-13(18)3-5-19-6-4-13/h7,18H,3-6,8-9H2,1-2H3. The van der Waals surface area contributed by atoms with Crippen molar-refractivity contribution in [1.29, 1.82) is 0 Å². The molecule has 2 rings (SSSR count). The van der Waals surface area contributed by atoms with Gasteiger partial charge >= 0.3 is 0 Å². The summed E-state index contributed by atoms with van der Waals surface area (Å²) in [6.45, 7) is 4.30. The summed E-state index contributed by atoms with van der Waals surface area (Å²) in [5.41, 5.74) is 0.189. The first-order chi connectivity index (χ1) is 8.97. The van der Waals surface area contributed by atoms with Gasteiger partial charge in [-0.2, -0.15) is 0 Å². The predicted octanol–water partition coefficient (Wildman–Crippen LogP) is 1.41. The molecular weight excluding hydrogens is 266 g/mol. The number of aromatic nitrogens is 2. The van der Waals surface area contributed by atoms with Gasteiger partial charge in [-0.3, -0.25) is 4.90 Å². The van der Waals surface area contributed by atoms with E-state index in [1.165, 1.54) is 0 Å². The van der Waals surface area contributed by atoms with Gasteiger partial charge in [0.15, 0.2) is 0 Å². The summed E-state index contributed by atoms with van der Waals surface area (Å²) in [5, 5.41) is 10.9. The Kier molecular flexibility index (Phi) is 4.73. The van der Waals surface area contributed by atoms with Crippen LogP contribution in [0.25, 0.3) is 0 Å². The van der Waals surface area contributed by atoms with Crippen LogP contribution < -0.4 is 0 Å². The molecule has 1 aromatic rings. The molecule has 1 aliphatic heterocycles. The van der Waals surface area contributed by atoms with Crippen LogP contribution in [0.5, 0.6) is 0 Å². The van der Waals surface area contributed by atoms with E-state index in [2.05, 4.69) is 9.97 Å². The fourth-order valence-electron chi connectivity index (χ4n) is 2.37. The van der Waals surface area contributed by atoms with Crippen LogP contribution in [-0.2, 0) is 11.3 Å². The maximum atomic E-state index is 10.4. The molecule has 5 nitrogen and oxygen atoms in total. The van der Waals surface area contributed by atoms with Gasteiger partial charge in [0.1, 0.15) is 11.0 Å². The van der Waals surface area contributed by atoms with Crippen LogP contribution >= 0.6 is 11.6 Å². The normalized spacial score (nSPS) is 18.8. The van der Waals surface area contributed by atoms with Crippen molar-refractivity contribution in [2.45, 2.75) is 31.9 Å². The van der Waals surface area contributed by atoms with Crippen molar-refractivity contribution in [2.24, 2.45) is 0 Å². The van der Waals surface area contributed by atoms with Gasteiger partial charge in [0, 0.05) is 38.3 Å². The first-order valence-electron chi connectivity index (χ1n) is 6.46. The summed E-state index contributed by atoms with van der Waals surface area (Å²) in [6, 6.07) is 1.73. The van der Waals surface area contributed by atoms with Gasteiger partial charge in [0.25, 0.3) is 0 Å². The van der Waals surface area contributed by atoms with Crippen molar-refractivity contribution in [1.82, 2.24) is 14.9 Å². The number of nitrogens with zero attached hydrogens (tertiary/aromatic N) is 3. The van der Waals surface area contributed by atoms with Crippen molar-refractivity contribution >= 4 is 11.6 Å². The molecule has 106 valence electrons. The monoisotopic (exact) mass is 285 g/mol. The van der Waals surface area contributed by atoms with Crippen molar-refractivity contribution < 1.29 is 9.84 Å².